The highest BCUT2D eigenvalue weighted by Gasteiger charge is 2.39. The topological polar surface area (TPSA) is 49.8 Å². The SMILES string of the molecule is CC(C)OCC(=O)N1CCC(CO)(Cc2ccc(F)cc2)C1. The first kappa shape index (κ1) is 16.9. The Labute approximate surface area is 130 Å². The van der Waals surface area contributed by atoms with Gasteiger partial charge in [0, 0.05) is 18.5 Å². The summed E-state index contributed by atoms with van der Waals surface area (Å²) in [5, 5.41) is 9.81. The Bertz CT molecular complexity index is 503. The number of carbonyl (C=O) groups is 1. The van der Waals surface area contributed by atoms with Crippen LogP contribution in [-0.2, 0) is 16.0 Å². The van der Waals surface area contributed by atoms with Gasteiger partial charge < -0.3 is 14.7 Å². The Morgan fingerprint density at radius 3 is 2.68 bits per heavy atom. The Hall–Kier alpha value is -1.46. The summed E-state index contributed by atoms with van der Waals surface area (Å²) in [4.78, 5) is 13.9. The lowest BCUT2D eigenvalue weighted by atomic mass is 9.81. The van der Waals surface area contributed by atoms with Gasteiger partial charge >= 0.3 is 0 Å². The van der Waals surface area contributed by atoms with E-state index >= 15 is 0 Å². The molecule has 22 heavy (non-hydrogen) atoms. The van der Waals surface area contributed by atoms with Gasteiger partial charge in [-0.25, -0.2) is 4.39 Å². The quantitative estimate of drug-likeness (QED) is 0.874. The number of amides is 1. The number of ether oxygens (including phenoxy) is 1. The van der Waals surface area contributed by atoms with Crippen LogP contribution in [0.25, 0.3) is 0 Å². The molecular formula is C17H24FNO3. The van der Waals surface area contributed by atoms with Crippen molar-refractivity contribution in [3.63, 3.8) is 0 Å². The molecule has 1 heterocycles. The fourth-order valence-electron chi connectivity index (χ4n) is 2.84. The van der Waals surface area contributed by atoms with E-state index in [2.05, 4.69) is 0 Å². The Kier molecular flexibility index (Phi) is 5.53. The molecular weight excluding hydrogens is 285 g/mol. The van der Waals surface area contributed by atoms with Crippen molar-refractivity contribution in [2.45, 2.75) is 32.8 Å². The molecule has 0 spiro atoms. The molecule has 0 saturated carbocycles. The third-order valence-corrected chi connectivity index (χ3v) is 4.16. The molecule has 122 valence electrons. The van der Waals surface area contributed by atoms with Gasteiger partial charge in [0.05, 0.1) is 12.7 Å². The van der Waals surface area contributed by atoms with E-state index in [4.69, 9.17) is 4.74 Å². The molecule has 1 aliphatic rings. The summed E-state index contributed by atoms with van der Waals surface area (Å²) in [6, 6.07) is 6.32. The maximum atomic E-state index is 13.0. The van der Waals surface area contributed by atoms with Crippen molar-refractivity contribution >= 4 is 5.91 Å². The van der Waals surface area contributed by atoms with Gasteiger partial charge in [0.2, 0.25) is 5.91 Å². The lowest BCUT2D eigenvalue weighted by molar-refractivity contribution is -0.137. The van der Waals surface area contributed by atoms with Crippen LogP contribution in [-0.4, -0.2) is 48.3 Å². The molecule has 1 N–H and O–H groups in total. The lowest BCUT2D eigenvalue weighted by Crippen LogP contribution is -2.37. The molecule has 0 bridgehead atoms. The van der Waals surface area contributed by atoms with Crippen LogP contribution in [0.15, 0.2) is 24.3 Å². The van der Waals surface area contributed by atoms with E-state index in [1.165, 1.54) is 12.1 Å². The highest BCUT2D eigenvalue weighted by Crippen LogP contribution is 2.34. The second-order valence-corrected chi connectivity index (χ2v) is 6.39. The molecule has 1 unspecified atom stereocenters. The highest BCUT2D eigenvalue weighted by atomic mass is 19.1. The molecule has 4 nitrogen and oxygen atoms in total. The maximum absolute atomic E-state index is 13.0. The van der Waals surface area contributed by atoms with Gasteiger partial charge in [-0.2, -0.15) is 0 Å². The Morgan fingerprint density at radius 1 is 1.41 bits per heavy atom. The van der Waals surface area contributed by atoms with Crippen molar-refractivity contribution in [3.05, 3.63) is 35.6 Å². The van der Waals surface area contributed by atoms with Crippen LogP contribution < -0.4 is 0 Å². The molecule has 1 aliphatic heterocycles. The van der Waals surface area contributed by atoms with Gasteiger partial charge in [-0.05, 0) is 44.4 Å². The summed E-state index contributed by atoms with van der Waals surface area (Å²) >= 11 is 0. The molecule has 1 amide bonds. The zero-order chi connectivity index (χ0) is 16.2. The summed E-state index contributed by atoms with van der Waals surface area (Å²) in [5.74, 6) is -0.306. The van der Waals surface area contributed by atoms with Crippen molar-refractivity contribution in [3.8, 4) is 0 Å². The normalized spacial score (nSPS) is 21.6. The summed E-state index contributed by atoms with van der Waals surface area (Å²) in [7, 11) is 0. The number of hydrogen-bond donors (Lipinski definition) is 1. The van der Waals surface area contributed by atoms with Crippen LogP contribution in [0.1, 0.15) is 25.8 Å². The predicted octanol–water partition coefficient (Wildman–Crippen LogP) is 2.00. The standard InChI is InChI=1S/C17H24FNO3/c1-13(2)22-10-16(21)19-8-7-17(11-19,12-20)9-14-3-5-15(18)6-4-14/h3-6,13,20H,7-12H2,1-2H3. The summed E-state index contributed by atoms with van der Waals surface area (Å²) in [6.45, 7) is 5.02. The van der Waals surface area contributed by atoms with E-state index in [9.17, 15) is 14.3 Å². The molecule has 1 aromatic carbocycles. The number of aliphatic hydroxyl groups excluding tert-OH is 1. The van der Waals surface area contributed by atoms with E-state index < -0.39 is 0 Å². The number of nitrogens with zero attached hydrogens (tertiary/aromatic N) is 1. The smallest absolute Gasteiger partial charge is 0.248 e. The molecule has 0 aromatic heterocycles. The molecule has 5 heteroatoms. The van der Waals surface area contributed by atoms with Gasteiger partial charge in [0.1, 0.15) is 12.4 Å². The second-order valence-electron chi connectivity index (χ2n) is 6.39. The van der Waals surface area contributed by atoms with E-state index in [0.29, 0.717) is 19.5 Å². The number of benzene rings is 1. The van der Waals surface area contributed by atoms with Crippen LogP contribution in [0.2, 0.25) is 0 Å². The number of hydrogen-bond acceptors (Lipinski definition) is 3. The highest BCUT2D eigenvalue weighted by molar-refractivity contribution is 5.77. The molecule has 0 radical (unpaired) electrons. The van der Waals surface area contributed by atoms with Gasteiger partial charge in [0.25, 0.3) is 0 Å². The number of halogens is 1. The van der Waals surface area contributed by atoms with E-state index in [0.717, 1.165) is 12.0 Å². The van der Waals surface area contributed by atoms with Gasteiger partial charge in [-0.3, -0.25) is 4.79 Å². The second kappa shape index (κ2) is 7.20. The van der Waals surface area contributed by atoms with E-state index in [-0.39, 0.29) is 36.5 Å². The summed E-state index contributed by atoms with van der Waals surface area (Å²) < 4.78 is 18.3. The summed E-state index contributed by atoms with van der Waals surface area (Å²) in [5.41, 5.74) is 0.633. The molecule has 0 aliphatic carbocycles. The number of carbonyl (C=O) groups excluding carboxylic acids is 1. The lowest BCUT2D eigenvalue weighted by Gasteiger charge is -2.27. The largest absolute Gasteiger partial charge is 0.396 e. The van der Waals surface area contributed by atoms with Crippen LogP contribution in [0.4, 0.5) is 4.39 Å². The Morgan fingerprint density at radius 2 is 2.09 bits per heavy atom. The molecule has 2 rings (SSSR count). The number of rotatable bonds is 6. The zero-order valence-corrected chi connectivity index (χ0v) is 13.2. The first-order valence-electron chi connectivity index (χ1n) is 7.69. The van der Waals surface area contributed by atoms with Crippen molar-refractivity contribution in [2.24, 2.45) is 5.41 Å². The van der Waals surface area contributed by atoms with Crippen LogP contribution in [0, 0.1) is 11.2 Å². The van der Waals surface area contributed by atoms with E-state index in [1.54, 1.807) is 17.0 Å². The first-order chi connectivity index (χ1) is 10.4. The molecule has 1 fully saturated rings. The minimum Gasteiger partial charge on any atom is -0.396 e. The average molecular weight is 309 g/mol. The minimum atomic E-state index is -0.342. The van der Waals surface area contributed by atoms with Crippen molar-refractivity contribution < 1.29 is 19.0 Å². The maximum Gasteiger partial charge on any atom is 0.248 e. The first-order valence-corrected chi connectivity index (χ1v) is 7.69. The number of aliphatic hydroxyl groups is 1. The summed E-state index contributed by atoms with van der Waals surface area (Å²) in [6.07, 6.45) is 1.40. The molecule has 1 atom stereocenters. The average Bonchev–Trinajstić information content (AvgIpc) is 2.92. The van der Waals surface area contributed by atoms with Crippen LogP contribution >= 0.6 is 0 Å². The van der Waals surface area contributed by atoms with Crippen LogP contribution in [0.3, 0.4) is 0 Å². The van der Waals surface area contributed by atoms with Gasteiger partial charge in [-0.15, -0.1) is 0 Å². The van der Waals surface area contributed by atoms with Gasteiger partial charge in [0.15, 0.2) is 0 Å². The predicted molar refractivity (Wildman–Crippen MR) is 81.9 cm³/mol. The van der Waals surface area contributed by atoms with E-state index in [1.807, 2.05) is 13.8 Å². The van der Waals surface area contributed by atoms with Crippen molar-refractivity contribution in [1.29, 1.82) is 0 Å². The molecule has 1 saturated heterocycles. The van der Waals surface area contributed by atoms with Crippen molar-refractivity contribution in [2.75, 3.05) is 26.3 Å². The number of likely N-dealkylation sites (tertiary alicyclic amines) is 1. The third kappa shape index (κ3) is 4.27. The zero-order valence-electron chi connectivity index (χ0n) is 13.2. The Balaban J connectivity index is 1.97. The van der Waals surface area contributed by atoms with Crippen LogP contribution in [0.5, 0.6) is 0 Å². The molecule has 1 aromatic rings. The van der Waals surface area contributed by atoms with Crippen molar-refractivity contribution in [1.82, 2.24) is 4.90 Å². The third-order valence-electron chi connectivity index (χ3n) is 4.16. The fraction of sp³-hybridized carbons (Fsp3) is 0.588. The van der Waals surface area contributed by atoms with Gasteiger partial charge in [-0.1, -0.05) is 12.1 Å². The fourth-order valence-corrected chi connectivity index (χ4v) is 2.84. The minimum absolute atomic E-state index is 0.0131. The monoisotopic (exact) mass is 309 g/mol.